The van der Waals surface area contributed by atoms with Gasteiger partial charge in [0.25, 0.3) is 0 Å². The predicted octanol–water partition coefficient (Wildman–Crippen LogP) is 2.85. The summed E-state index contributed by atoms with van der Waals surface area (Å²) < 4.78 is 0. The highest BCUT2D eigenvalue weighted by atomic mass is 35.5. The van der Waals surface area contributed by atoms with E-state index in [0.717, 1.165) is 5.47 Å². The Morgan fingerprint density at radius 1 is 1.12 bits per heavy atom. The van der Waals surface area contributed by atoms with Crippen molar-refractivity contribution in [2.24, 2.45) is 0 Å². The Morgan fingerprint density at radius 3 is 1.50 bits per heavy atom. The van der Waals surface area contributed by atoms with Crippen LogP contribution >= 0.6 is 22.9 Å². The SMILES string of the molecule is CC(C)=C(C)B(Cl)Cl. The number of hydrogen-bond donors (Lipinski definition) is 0. The summed E-state index contributed by atoms with van der Waals surface area (Å²) in [5, 5.41) is 0. The molecular formula is C5H9BCl2. The lowest BCUT2D eigenvalue weighted by atomic mass is 9.90. The molecule has 0 radical (unpaired) electrons. The molecule has 46 valence electrons. The van der Waals surface area contributed by atoms with E-state index in [2.05, 4.69) is 0 Å². The highest BCUT2D eigenvalue weighted by Crippen LogP contribution is 2.12. The van der Waals surface area contributed by atoms with Crippen LogP contribution in [-0.4, -0.2) is 5.54 Å². The van der Waals surface area contributed by atoms with Crippen molar-refractivity contribution >= 4 is 28.5 Å². The second kappa shape index (κ2) is 3.42. The molecule has 0 saturated heterocycles. The fourth-order valence-corrected chi connectivity index (χ4v) is 0.655. The Labute approximate surface area is 60.8 Å². The summed E-state index contributed by atoms with van der Waals surface area (Å²) in [6, 6.07) is 0. The van der Waals surface area contributed by atoms with E-state index in [4.69, 9.17) is 22.9 Å². The zero-order chi connectivity index (χ0) is 6.73. The second-order valence-corrected chi connectivity index (χ2v) is 3.08. The second-order valence-electron chi connectivity index (χ2n) is 1.98. The topological polar surface area (TPSA) is 0 Å². The van der Waals surface area contributed by atoms with Gasteiger partial charge in [0.2, 0.25) is 0 Å². The van der Waals surface area contributed by atoms with Gasteiger partial charge in [0.1, 0.15) is 0 Å². The summed E-state index contributed by atoms with van der Waals surface area (Å²) in [5.74, 6) is 0. The van der Waals surface area contributed by atoms with E-state index in [0.29, 0.717) is 0 Å². The van der Waals surface area contributed by atoms with Gasteiger partial charge in [0, 0.05) is 0 Å². The maximum absolute atomic E-state index is 5.53. The Morgan fingerprint density at radius 2 is 1.50 bits per heavy atom. The van der Waals surface area contributed by atoms with Crippen LogP contribution in [0.3, 0.4) is 0 Å². The van der Waals surface area contributed by atoms with Gasteiger partial charge < -0.3 is 0 Å². The largest absolute Gasteiger partial charge is 0.378 e. The van der Waals surface area contributed by atoms with Crippen LogP contribution in [-0.2, 0) is 0 Å². The molecule has 0 aromatic rings. The molecule has 0 amide bonds. The third-order valence-electron chi connectivity index (χ3n) is 1.12. The van der Waals surface area contributed by atoms with Crippen molar-refractivity contribution in [3.63, 3.8) is 0 Å². The monoisotopic (exact) mass is 150 g/mol. The highest BCUT2D eigenvalue weighted by Gasteiger charge is 2.07. The summed E-state index contributed by atoms with van der Waals surface area (Å²) in [6.45, 7) is 5.92. The molecule has 0 nitrogen and oxygen atoms in total. The molecule has 0 aromatic carbocycles. The first kappa shape index (κ1) is 8.38. The average molecular weight is 151 g/mol. The van der Waals surface area contributed by atoms with Crippen LogP contribution in [0.4, 0.5) is 0 Å². The molecule has 0 N–H and O–H groups in total. The molecule has 0 bridgehead atoms. The van der Waals surface area contributed by atoms with Crippen LogP contribution in [0.15, 0.2) is 11.0 Å². The van der Waals surface area contributed by atoms with Gasteiger partial charge in [-0.25, -0.2) is 0 Å². The fourth-order valence-electron chi connectivity index (χ4n) is 0.218. The molecule has 0 saturated carbocycles. The number of allylic oxidation sites excluding steroid dienone is 2. The van der Waals surface area contributed by atoms with Gasteiger partial charge in [-0.1, -0.05) is 11.0 Å². The molecule has 0 atom stereocenters. The first-order chi connectivity index (χ1) is 3.55. The van der Waals surface area contributed by atoms with Crippen LogP contribution in [0, 0.1) is 0 Å². The maximum Gasteiger partial charge on any atom is 0.378 e. The van der Waals surface area contributed by atoms with Crippen LogP contribution in [0.2, 0.25) is 0 Å². The van der Waals surface area contributed by atoms with Crippen molar-refractivity contribution in [3.05, 3.63) is 11.0 Å². The molecular weight excluding hydrogens is 142 g/mol. The number of halogens is 2. The number of hydrogen-bond acceptors (Lipinski definition) is 0. The van der Waals surface area contributed by atoms with E-state index in [1.165, 1.54) is 5.57 Å². The minimum absolute atomic E-state index is 0.333. The van der Waals surface area contributed by atoms with Crippen molar-refractivity contribution in [1.82, 2.24) is 0 Å². The third-order valence-corrected chi connectivity index (χ3v) is 1.77. The lowest BCUT2D eigenvalue weighted by Gasteiger charge is -1.97. The first-order valence-corrected chi connectivity index (χ1v) is 3.35. The van der Waals surface area contributed by atoms with Gasteiger partial charge in [0.05, 0.1) is 0 Å². The Hall–Kier alpha value is 0.385. The molecule has 0 spiro atoms. The van der Waals surface area contributed by atoms with Crippen molar-refractivity contribution in [2.75, 3.05) is 0 Å². The molecule has 0 rings (SSSR count). The van der Waals surface area contributed by atoms with E-state index in [9.17, 15) is 0 Å². The van der Waals surface area contributed by atoms with Gasteiger partial charge >= 0.3 is 5.54 Å². The first-order valence-electron chi connectivity index (χ1n) is 2.48. The standard InChI is InChI=1S/C5H9BCl2/c1-4(2)5(3)6(7)8/h1-3H3. The quantitative estimate of drug-likeness (QED) is 0.505. The minimum atomic E-state index is -0.333. The Kier molecular flexibility index (Phi) is 3.58. The zero-order valence-electron chi connectivity index (χ0n) is 5.33. The lowest BCUT2D eigenvalue weighted by Crippen LogP contribution is -1.96. The van der Waals surface area contributed by atoms with Crippen molar-refractivity contribution in [1.29, 1.82) is 0 Å². The predicted molar refractivity (Wildman–Crippen MR) is 41.5 cm³/mol. The van der Waals surface area contributed by atoms with Crippen molar-refractivity contribution in [2.45, 2.75) is 20.8 Å². The molecule has 0 aliphatic rings. The molecule has 3 heteroatoms. The molecule has 0 aliphatic heterocycles. The van der Waals surface area contributed by atoms with Crippen LogP contribution in [0.25, 0.3) is 0 Å². The molecule has 0 fully saturated rings. The zero-order valence-corrected chi connectivity index (χ0v) is 6.85. The molecule has 0 unspecified atom stereocenters. The Balaban J connectivity index is 4.00. The van der Waals surface area contributed by atoms with E-state index in [-0.39, 0.29) is 5.54 Å². The van der Waals surface area contributed by atoms with Crippen molar-refractivity contribution in [3.8, 4) is 0 Å². The summed E-state index contributed by atoms with van der Waals surface area (Å²) in [5.41, 5.74) is 1.91. The van der Waals surface area contributed by atoms with Gasteiger partial charge in [-0.3, -0.25) is 0 Å². The Bertz CT molecular complexity index is 103. The van der Waals surface area contributed by atoms with Crippen LogP contribution in [0.5, 0.6) is 0 Å². The fraction of sp³-hybridized carbons (Fsp3) is 0.600. The van der Waals surface area contributed by atoms with E-state index >= 15 is 0 Å². The number of rotatable bonds is 1. The molecule has 8 heavy (non-hydrogen) atoms. The van der Waals surface area contributed by atoms with Crippen molar-refractivity contribution < 1.29 is 0 Å². The van der Waals surface area contributed by atoms with E-state index in [1.807, 2.05) is 20.8 Å². The summed E-state index contributed by atoms with van der Waals surface area (Å²) >= 11 is 11.1. The minimum Gasteiger partial charge on any atom is -0.165 e. The van der Waals surface area contributed by atoms with E-state index in [1.54, 1.807) is 0 Å². The molecule has 0 heterocycles. The van der Waals surface area contributed by atoms with Gasteiger partial charge in [-0.2, -0.15) is 22.9 Å². The van der Waals surface area contributed by atoms with E-state index < -0.39 is 0 Å². The average Bonchev–Trinajstić information content (AvgIpc) is 1.64. The molecule has 0 aromatic heterocycles. The normalized spacial score (nSPS) is 8.62. The van der Waals surface area contributed by atoms with Gasteiger partial charge in [0.15, 0.2) is 0 Å². The smallest absolute Gasteiger partial charge is 0.165 e. The van der Waals surface area contributed by atoms with Crippen LogP contribution in [0.1, 0.15) is 20.8 Å². The highest BCUT2D eigenvalue weighted by molar-refractivity contribution is 7.36. The van der Waals surface area contributed by atoms with Gasteiger partial charge in [-0.15, -0.1) is 0 Å². The van der Waals surface area contributed by atoms with Gasteiger partial charge in [-0.05, 0) is 20.8 Å². The summed E-state index contributed by atoms with van der Waals surface area (Å²) in [6.07, 6.45) is 0. The molecule has 0 aliphatic carbocycles. The van der Waals surface area contributed by atoms with Crippen LogP contribution < -0.4 is 0 Å². The lowest BCUT2D eigenvalue weighted by molar-refractivity contribution is 1.34. The summed E-state index contributed by atoms with van der Waals surface area (Å²) in [7, 11) is 0. The maximum atomic E-state index is 5.53. The third kappa shape index (κ3) is 2.63. The summed E-state index contributed by atoms with van der Waals surface area (Å²) in [4.78, 5) is 0.